The Kier molecular flexibility index (Phi) is 9.10. The van der Waals surface area contributed by atoms with Crippen LogP contribution in [-0.4, -0.2) is 39.3 Å². The molecular formula is C36H34N4O4S2. The van der Waals surface area contributed by atoms with Gasteiger partial charge in [-0.1, -0.05) is 41.7 Å². The Balaban J connectivity index is 1.53. The molecule has 0 radical (unpaired) electrons. The summed E-state index contributed by atoms with van der Waals surface area (Å²) in [5.74, 6) is 0.294. The van der Waals surface area contributed by atoms with Crippen molar-refractivity contribution in [2.45, 2.75) is 44.7 Å². The van der Waals surface area contributed by atoms with Gasteiger partial charge in [0.15, 0.2) is 4.80 Å². The zero-order valence-corrected chi connectivity index (χ0v) is 27.9. The number of hydrogen-bond acceptors (Lipinski definition) is 8. The van der Waals surface area contributed by atoms with Crippen LogP contribution < -0.4 is 19.6 Å². The first-order valence-electron chi connectivity index (χ1n) is 15.0. The van der Waals surface area contributed by atoms with Crippen molar-refractivity contribution in [3.05, 3.63) is 127 Å². The molecular weight excluding hydrogens is 617 g/mol. The molecule has 10 heteroatoms. The molecule has 0 bridgehead atoms. The molecule has 0 saturated carbocycles. The Hall–Kier alpha value is -4.67. The third-order valence-corrected chi connectivity index (χ3v) is 9.23. The maximum Gasteiger partial charge on any atom is 0.338 e. The normalized spacial score (nSPS) is 14.7. The standard InChI is InChI=1S/C36H34N4O4S2/c1-6-43-28-16-12-24(13-17-28)32-26(21-39(38-32)27-10-8-7-9-11-27)20-30-34(41)40-33(25-14-18-29(45-5)19-15-25)31(35(42)44-22(2)3)23(4)37-36(40)46-30/h7-22,33H,6H2,1-5H3. The smallest absolute Gasteiger partial charge is 0.338 e. The minimum absolute atomic E-state index is 0.241. The Labute approximate surface area is 275 Å². The number of carbonyl (C=O) groups is 1. The molecule has 3 aromatic carbocycles. The zero-order valence-electron chi connectivity index (χ0n) is 26.3. The van der Waals surface area contributed by atoms with Gasteiger partial charge in [-0.15, -0.1) is 11.8 Å². The summed E-state index contributed by atoms with van der Waals surface area (Å²) >= 11 is 2.92. The van der Waals surface area contributed by atoms with Crippen LogP contribution in [0, 0.1) is 0 Å². The van der Waals surface area contributed by atoms with E-state index < -0.39 is 12.0 Å². The fourth-order valence-corrected chi connectivity index (χ4v) is 6.85. The van der Waals surface area contributed by atoms with Gasteiger partial charge in [-0.05, 0) is 94.1 Å². The number of esters is 1. The average Bonchev–Trinajstić information content (AvgIpc) is 3.61. The summed E-state index contributed by atoms with van der Waals surface area (Å²) in [4.78, 5) is 34.1. The minimum Gasteiger partial charge on any atom is -0.494 e. The number of carbonyl (C=O) groups excluding carboxylic acids is 1. The van der Waals surface area contributed by atoms with Crippen molar-refractivity contribution in [1.29, 1.82) is 0 Å². The van der Waals surface area contributed by atoms with Crippen LogP contribution in [0.15, 0.2) is 111 Å². The third kappa shape index (κ3) is 6.23. The van der Waals surface area contributed by atoms with Gasteiger partial charge >= 0.3 is 5.97 Å². The van der Waals surface area contributed by atoms with Crippen LogP contribution in [0.1, 0.15) is 44.9 Å². The van der Waals surface area contributed by atoms with Crippen molar-refractivity contribution >= 4 is 35.1 Å². The predicted octanol–water partition coefficient (Wildman–Crippen LogP) is 6.16. The first kappa shape index (κ1) is 31.3. The second-order valence-electron chi connectivity index (χ2n) is 11.0. The van der Waals surface area contributed by atoms with Gasteiger partial charge in [0.2, 0.25) is 0 Å². The van der Waals surface area contributed by atoms with Gasteiger partial charge in [0.1, 0.15) is 11.4 Å². The number of aromatic nitrogens is 3. The van der Waals surface area contributed by atoms with Crippen molar-refractivity contribution in [2.24, 2.45) is 4.99 Å². The van der Waals surface area contributed by atoms with E-state index in [4.69, 9.17) is 19.6 Å². The summed E-state index contributed by atoms with van der Waals surface area (Å²) in [5, 5.41) is 4.93. The average molecular weight is 651 g/mol. The predicted molar refractivity (Wildman–Crippen MR) is 183 cm³/mol. The largest absolute Gasteiger partial charge is 0.494 e. The zero-order chi connectivity index (χ0) is 32.4. The monoisotopic (exact) mass is 650 g/mol. The second-order valence-corrected chi connectivity index (χ2v) is 12.9. The SMILES string of the molecule is CCOc1ccc(-c2nn(-c3ccccc3)cc2C=c2sc3n(c2=O)C(c2ccc(SC)cc2)C(C(=O)OC(C)C)=C(C)N=3)cc1. The molecule has 46 heavy (non-hydrogen) atoms. The quantitative estimate of drug-likeness (QED) is 0.140. The molecule has 0 fully saturated rings. The Bertz CT molecular complexity index is 2090. The molecule has 1 aliphatic heterocycles. The highest BCUT2D eigenvalue weighted by atomic mass is 32.2. The lowest BCUT2D eigenvalue weighted by molar-refractivity contribution is -0.143. The van der Waals surface area contributed by atoms with Gasteiger partial charge < -0.3 is 9.47 Å². The van der Waals surface area contributed by atoms with Crippen molar-refractivity contribution in [3.63, 3.8) is 0 Å². The Morgan fingerprint density at radius 2 is 1.76 bits per heavy atom. The van der Waals surface area contributed by atoms with Crippen LogP contribution in [0.2, 0.25) is 0 Å². The van der Waals surface area contributed by atoms with E-state index in [1.54, 1.807) is 23.3 Å². The molecule has 1 aliphatic rings. The van der Waals surface area contributed by atoms with E-state index in [0.29, 0.717) is 27.2 Å². The Morgan fingerprint density at radius 3 is 2.41 bits per heavy atom. The number of thioether (sulfide) groups is 1. The molecule has 2 aromatic heterocycles. The van der Waals surface area contributed by atoms with Crippen LogP contribution >= 0.6 is 23.1 Å². The molecule has 0 amide bonds. The van der Waals surface area contributed by atoms with Gasteiger partial charge in [-0.3, -0.25) is 9.36 Å². The van der Waals surface area contributed by atoms with Crippen LogP contribution in [0.5, 0.6) is 5.75 Å². The lowest BCUT2D eigenvalue weighted by atomic mass is 9.96. The van der Waals surface area contributed by atoms with Gasteiger partial charge in [0.05, 0.1) is 40.2 Å². The number of fused-ring (bicyclic) bond motifs is 1. The molecule has 234 valence electrons. The van der Waals surface area contributed by atoms with Crippen LogP contribution in [0.25, 0.3) is 23.0 Å². The van der Waals surface area contributed by atoms with Crippen LogP contribution in [0.4, 0.5) is 0 Å². The maximum atomic E-state index is 14.3. The molecule has 0 N–H and O–H groups in total. The van der Waals surface area contributed by atoms with E-state index in [0.717, 1.165) is 38.7 Å². The number of benzene rings is 3. The Morgan fingerprint density at radius 1 is 1.04 bits per heavy atom. The maximum absolute atomic E-state index is 14.3. The molecule has 1 atom stereocenters. The number of hydrogen-bond donors (Lipinski definition) is 0. The third-order valence-electron chi connectivity index (χ3n) is 7.50. The first-order valence-corrected chi connectivity index (χ1v) is 17.1. The van der Waals surface area contributed by atoms with Crippen molar-refractivity contribution in [1.82, 2.24) is 14.3 Å². The number of para-hydroxylation sites is 1. The van der Waals surface area contributed by atoms with Gasteiger partial charge in [0.25, 0.3) is 5.56 Å². The molecule has 1 unspecified atom stereocenters. The first-order chi connectivity index (χ1) is 22.3. The number of allylic oxidation sites excluding steroid dienone is 1. The minimum atomic E-state index is -0.682. The molecule has 3 heterocycles. The summed E-state index contributed by atoms with van der Waals surface area (Å²) in [6.07, 6.45) is 5.48. The highest BCUT2D eigenvalue weighted by molar-refractivity contribution is 7.98. The summed E-state index contributed by atoms with van der Waals surface area (Å²) in [5.41, 5.74) is 4.74. The van der Waals surface area contributed by atoms with Crippen molar-refractivity contribution < 1.29 is 14.3 Å². The molecule has 0 aliphatic carbocycles. The highest BCUT2D eigenvalue weighted by Crippen LogP contribution is 2.32. The van der Waals surface area contributed by atoms with E-state index in [1.165, 1.54) is 11.3 Å². The van der Waals surface area contributed by atoms with Crippen molar-refractivity contribution in [3.8, 4) is 22.7 Å². The molecule has 8 nitrogen and oxygen atoms in total. The molecule has 5 aromatic rings. The fraction of sp³-hybridized carbons (Fsp3) is 0.222. The van der Waals surface area contributed by atoms with E-state index >= 15 is 0 Å². The summed E-state index contributed by atoms with van der Waals surface area (Å²) < 4.78 is 15.2. The number of thiazole rings is 1. The molecule has 0 spiro atoms. The lowest BCUT2D eigenvalue weighted by Crippen LogP contribution is -2.40. The number of rotatable bonds is 9. The van der Waals surface area contributed by atoms with E-state index in [2.05, 4.69) is 0 Å². The summed E-state index contributed by atoms with van der Waals surface area (Å²) in [7, 11) is 0. The summed E-state index contributed by atoms with van der Waals surface area (Å²) in [6, 6.07) is 24.8. The molecule has 6 rings (SSSR count). The van der Waals surface area contributed by atoms with E-state index in [9.17, 15) is 9.59 Å². The van der Waals surface area contributed by atoms with Gasteiger partial charge in [-0.2, -0.15) is 5.10 Å². The van der Waals surface area contributed by atoms with Gasteiger partial charge in [-0.25, -0.2) is 14.5 Å². The number of nitrogens with zero attached hydrogens (tertiary/aromatic N) is 4. The van der Waals surface area contributed by atoms with Crippen LogP contribution in [0.3, 0.4) is 0 Å². The highest BCUT2D eigenvalue weighted by Gasteiger charge is 2.34. The van der Waals surface area contributed by atoms with Gasteiger partial charge in [0, 0.05) is 22.2 Å². The lowest BCUT2D eigenvalue weighted by Gasteiger charge is -2.25. The van der Waals surface area contributed by atoms with Crippen molar-refractivity contribution in [2.75, 3.05) is 12.9 Å². The number of ether oxygens (including phenoxy) is 2. The van der Waals surface area contributed by atoms with E-state index in [-0.39, 0.29) is 11.7 Å². The second kappa shape index (κ2) is 13.4. The van der Waals surface area contributed by atoms with Crippen LogP contribution in [-0.2, 0) is 9.53 Å². The topological polar surface area (TPSA) is 87.7 Å². The summed E-state index contributed by atoms with van der Waals surface area (Å²) in [6.45, 7) is 7.94. The molecule has 0 saturated heterocycles. The fourth-order valence-electron chi connectivity index (χ4n) is 5.41. The van der Waals surface area contributed by atoms with E-state index in [1.807, 2.05) is 123 Å².